The van der Waals surface area contributed by atoms with Gasteiger partial charge in [-0.2, -0.15) is 10.5 Å². The quantitative estimate of drug-likeness (QED) is 0.135. The predicted octanol–water partition coefficient (Wildman–Crippen LogP) is 6.03. The van der Waals surface area contributed by atoms with Crippen LogP contribution < -0.4 is 18.9 Å². The van der Waals surface area contributed by atoms with Crippen LogP contribution in [-0.4, -0.2) is 72.9 Å². The number of nitriles is 2. The molecule has 0 aliphatic carbocycles. The van der Waals surface area contributed by atoms with Crippen molar-refractivity contribution < 1.29 is 38.3 Å². The van der Waals surface area contributed by atoms with Gasteiger partial charge >= 0.3 is 0 Å². The second kappa shape index (κ2) is 21.1. The Morgan fingerprint density at radius 3 is 1.48 bits per heavy atom. The molecule has 0 fully saturated rings. The molecule has 2 atom stereocenters. The number of hydrogen-bond donors (Lipinski definition) is 1. The molecule has 0 saturated heterocycles. The van der Waals surface area contributed by atoms with Gasteiger partial charge in [-0.05, 0) is 66.5 Å². The Morgan fingerprint density at radius 1 is 0.717 bits per heavy atom. The van der Waals surface area contributed by atoms with Crippen molar-refractivity contribution in [3.05, 3.63) is 47.5 Å². The van der Waals surface area contributed by atoms with E-state index in [-0.39, 0.29) is 18.4 Å². The first-order chi connectivity index (χ1) is 22.1. The first kappa shape index (κ1) is 40.2. The van der Waals surface area contributed by atoms with Crippen LogP contribution in [0.15, 0.2) is 36.4 Å². The van der Waals surface area contributed by atoms with Gasteiger partial charge in [-0.25, -0.2) is 0 Å². The highest BCUT2D eigenvalue weighted by atomic mass is 16.5. The number of methoxy groups -OCH3 is 4. The van der Waals surface area contributed by atoms with Crippen LogP contribution in [0.5, 0.6) is 23.0 Å². The number of carbonyl (C=O) groups is 1. The molecule has 0 aliphatic rings. The van der Waals surface area contributed by atoms with E-state index >= 15 is 0 Å². The van der Waals surface area contributed by atoms with E-state index in [4.69, 9.17) is 33.5 Å². The van der Waals surface area contributed by atoms with Gasteiger partial charge in [-0.1, -0.05) is 39.8 Å². The Hall–Kier alpha value is -3.83. The van der Waals surface area contributed by atoms with Gasteiger partial charge in [0.05, 0.1) is 50.4 Å². The molecule has 46 heavy (non-hydrogen) atoms. The molecule has 0 radical (unpaired) electrons. The lowest BCUT2D eigenvalue weighted by Gasteiger charge is -2.31. The third-order valence-electron chi connectivity index (χ3n) is 8.20. The van der Waals surface area contributed by atoms with Crippen molar-refractivity contribution in [1.29, 1.82) is 10.5 Å². The van der Waals surface area contributed by atoms with Crippen LogP contribution in [0.2, 0.25) is 0 Å². The van der Waals surface area contributed by atoms with Gasteiger partial charge in [0.1, 0.15) is 19.5 Å². The number of benzene rings is 2. The highest BCUT2D eigenvalue weighted by Gasteiger charge is 2.37. The van der Waals surface area contributed by atoms with Crippen LogP contribution in [0.3, 0.4) is 0 Å². The third-order valence-corrected chi connectivity index (χ3v) is 8.20. The smallest absolute Gasteiger partial charge is 0.161 e. The number of rotatable bonds is 20. The maximum absolute atomic E-state index is 10.8. The number of nitrogens with zero attached hydrogens (tertiary/aromatic N) is 2. The summed E-state index contributed by atoms with van der Waals surface area (Å²) in [5.74, 6) is 2.60. The van der Waals surface area contributed by atoms with Gasteiger partial charge in [0.25, 0.3) is 0 Å². The fourth-order valence-corrected chi connectivity index (χ4v) is 5.27. The molecule has 0 saturated carbocycles. The van der Waals surface area contributed by atoms with Crippen LogP contribution >= 0.6 is 0 Å². The van der Waals surface area contributed by atoms with Gasteiger partial charge < -0.3 is 38.3 Å². The van der Waals surface area contributed by atoms with Crippen molar-refractivity contribution in [3.8, 4) is 35.1 Å². The monoisotopic (exact) mass is 640 g/mol. The summed E-state index contributed by atoms with van der Waals surface area (Å²) < 4.78 is 32.0. The van der Waals surface area contributed by atoms with Crippen LogP contribution in [-0.2, 0) is 25.1 Å². The predicted molar refractivity (Wildman–Crippen MR) is 177 cm³/mol. The second-order valence-corrected chi connectivity index (χ2v) is 11.4. The van der Waals surface area contributed by atoms with Crippen molar-refractivity contribution in [2.24, 2.45) is 11.8 Å². The molecule has 2 unspecified atom stereocenters. The zero-order valence-electron chi connectivity index (χ0n) is 28.8. The molecular weight excluding hydrogens is 588 g/mol. The van der Waals surface area contributed by atoms with Gasteiger partial charge in [-0.15, -0.1) is 0 Å². The molecule has 0 aliphatic heterocycles. The summed E-state index contributed by atoms with van der Waals surface area (Å²) in [6.45, 7) is 9.94. The first-order valence-corrected chi connectivity index (χ1v) is 15.6. The summed E-state index contributed by atoms with van der Waals surface area (Å²) in [6.07, 6.45) is 2.87. The Kier molecular flexibility index (Phi) is 18.4. The topological polar surface area (TPSA) is 140 Å². The van der Waals surface area contributed by atoms with Crippen LogP contribution in [0, 0.1) is 34.5 Å². The molecule has 2 aromatic carbocycles. The Balaban J connectivity index is 0.000000460. The summed E-state index contributed by atoms with van der Waals surface area (Å²) in [5, 5.41) is 28.7. The zero-order valence-corrected chi connectivity index (χ0v) is 28.8. The summed E-state index contributed by atoms with van der Waals surface area (Å²) >= 11 is 0. The lowest BCUT2D eigenvalue weighted by atomic mass is 9.70. The Bertz CT molecular complexity index is 1270. The molecular formula is C36H52N2O8. The van der Waals surface area contributed by atoms with Crippen LogP contribution in [0.25, 0.3) is 0 Å². The maximum Gasteiger partial charge on any atom is 0.161 e. The molecule has 2 aromatic rings. The maximum atomic E-state index is 10.8. The first-order valence-electron chi connectivity index (χ1n) is 15.6. The molecule has 254 valence electrons. The second-order valence-electron chi connectivity index (χ2n) is 11.4. The number of aliphatic hydroxyl groups is 1. The van der Waals surface area contributed by atoms with E-state index < -0.39 is 10.8 Å². The average Bonchev–Trinajstić information content (AvgIpc) is 3.06. The van der Waals surface area contributed by atoms with E-state index in [1.807, 2.05) is 58.0 Å². The molecule has 10 heteroatoms. The summed E-state index contributed by atoms with van der Waals surface area (Å²) in [6, 6.07) is 16.0. The molecule has 0 amide bonds. The van der Waals surface area contributed by atoms with E-state index in [2.05, 4.69) is 12.1 Å². The summed E-state index contributed by atoms with van der Waals surface area (Å²) in [7, 11) is 6.38. The number of aliphatic hydroxyl groups excluding tert-OH is 1. The van der Waals surface area contributed by atoms with E-state index in [1.165, 1.54) is 0 Å². The number of carbonyl (C=O) groups excluding carboxylic acids is 1. The molecule has 0 spiro atoms. The number of hydrogen-bond acceptors (Lipinski definition) is 10. The van der Waals surface area contributed by atoms with Crippen molar-refractivity contribution >= 4 is 6.29 Å². The average molecular weight is 641 g/mol. The normalized spacial score (nSPS) is 13.3. The third kappa shape index (κ3) is 10.6. The van der Waals surface area contributed by atoms with Gasteiger partial charge in [0, 0.05) is 27.2 Å². The Labute approximate surface area is 275 Å². The minimum Gasteiger partial charge on any atom is -0.493 e. The molecule has 0 aromatic heterocycles. The standard InChI is InChI=1S/C18H27NO4.C18H25NO4/c2*1-14(2)18(13-19,8-5-9-20)15-6-7-16(17(12-15)22-4)23-11-10-21-3/h6-7,12,14,20H,5,8-11H2,1-4H3;6-7,9,12,14H,5,8,10-11H2,1-4H3. The SMILES string of the molecule is COCCOc1ccc(C(C#N)(CCC=O)C(C)C)cc1OC.COCCOc1ccc(C(C#N)(CCCO)C(C)C)cc1OC. The lowest BCUT2D eigenvalue weighted by Crippen LogP contribution is -2.31. The number of ether oxygens (including phenoxy) is 6. The van der Waals surface area contributed by atoms with Gasteiger partial charge in [0.2, 0.25) is 0 Å². The van der Waals surface area contributed by atoms with E-state index in [0.29, 0.717) is 75.1 Å². The van der Waals surface area contributed by atoms with Gasteiger partial charge in [0.15, 0.2) is 23.0 Å². The van der Waals surface area contributed by atoms with E-state index in [0.717, 1.165) is 17.4 Å². The van der Waals surface area contributed by atoms with E-state index in [9.17, 15) is 15.3 Å². The fourth-order valence-electron chi connectivity index (χ4n) is 5.27. The summed E-state index contributed by atoms with van der Waals surface area (Å²) in [5.41, 5.74) is 0.354. The van der Waals surface area contributed by atoms with E-state index in [1.54, 1.807) is 34.5 Å². The minimum atomic E-state index is -0.723. The zero-order chi connectivity index (χ0) is 34.6. The summed E-state index contributed by atoms with van der Waals surface area (Å²) in [4.78, 5) is 10.8. The van der Waals surface area contributed by atoms with Crippen molar-refractivity contribution in [2.75, 3.05) is 61.5 Å². The Morgan fingerprint density at radius 2 is 1.15 bits per heavy atom. The van der Waals surface area contributed by atoms with Crippen molar-refractivity contribution in [3.63, 3.8) is 0 Å². The molecule has 10 nitrogen and oxygen atoms in total. The van der Waals surface area contributed by atoms with Crippen LogP contribution in [0.1, 0.15) is 64.5 Å². The fraction of sp³-hybridized carbons (Fsp3) is 0.583. The molecule has 0 heterocycles. The highest BCUT2D eigenvalue weighted by molar-refractivity contribution is 5.52. The molecule has 2 rings (SSSR count). The highest BCUT2D eigenvalue weighted by Crippen LogP contribution is 2.41. The number of aldehydes is 1. The largest absolute Gasteiger partial charge is 0.493 e. The molecule has 0 bridgehead atoms. The van der Waals surface area contributed by atoms with Crippen molar-refractivity contribution in [2.45, 2.75) is 64.2 Å². The van der Waals surface area contributed by atoms with Crippen molar-refractivity contribution in [1.82, 2.24) is 0 Å². The molecule has 1 N–H and O–H groups in total. The lowest BCUT2D eigenvalue weighted by molar-refractivity contribution is -0.108. The minimum absolute atomic E-state index is 0.0671. The van der Waals surface area contributed by atoms with Crippen LogP contribution in [0.4, 0.5) is 0 Å². The van der Waals surface area contributed by atoms with Gasteiger partial charge in [-0.3, -0.25) is 0 Å².